The summed E-state index contributed by atoms with van der Waals surface area (Å²) >= 11 is 0. The van der Waals surface area contributed by atoms with E-state index < -0.39 is 270 Å². The molecule has 49 heavy (non-hydrogen) atoms. The van der Waals surface area contributed by atoms with Gasteiger partial charge in [-0.05, 0) is 95.1 Å². The van der Waals surface area contributed by atoms with E-state index in [1.807, 2.05) is 0 Å². The molecular formula is C46H30N2O. The molecule has 0 aliphatic rings. The van der Waals surface area contributed by atoms with Crippen molar-refractivity contribution in [3.8, 4) is 16.8 Å². The van der Waals surface area contributed by atoms with Gasteiger partial charge in [0.15, 0.2) is 0 Å². The van der Waals surface area contributed by atoms with Crippen molar-refractivity contribution in [2.24, 2.45) is 0 Å². The molecule has 3 nitrogen and oxygen atoms in total. The summed E-state index contributed by atoms with van der Waals surface area (Å²) in [7, 11) is 0. The lowest BCUT2D eigenvalue weighted by Gasteiger charge is -2.26. The smallest absolute Gasteiger partial charge is 0.143 e. The molecule has 10 aromatic rings. The highest BCUT2D eigenvalue weighted by Gasteiger charge is 2.17. The van der Waals surface area contributed by atoms with Crippen LogP contribution in [0.3, 0.4) is 0 Å². The van der Waals surface area contributed by atoms with Crippen LogP contribution in [0.5, 0.6) is 0 Å². The van der Waals surface area contributed by atoms with Crippen LogP contribution in [0.25, 0.3) is 71.3 Å². The number of anilines is 3. The standard InChI is InChI=1S/C46H30N2O/c1-2-10-31(11-3-1)32-18-21-34(22-19-32)47(37-27-29-38-33(30-37)20-28-42-41-14-6-9-17-45(41)49-46(38)42)35-23-25-36(26-24-35)48-43-15-7-4-12-39(43)40-13-5-8-16-44(40)48/h1-30H/i1D,2D,3D,4D,5D,6D,7D,8D,9D,10D,11D,12D,13D,14D,15D,16D,17D,18D,19D,20D,21D,22D,23D,24D,25D,26D,27D,28D,29D,30D. The first-order valence-corrected chi connectivity index (χ1v) is 14.2. The molecule has 0 aliphatic carbocycles. The highest BCUT2D eigenvalue weighted by Crippen LogP contribution is 2.41. The van der Waals surface area contributed by atoms with Gasteiger partial charge in [0, 0.05) is 49.7 Å². The summed E-state index contributed by atoms with van der Waals surface area (Å²) in [5.74, 6) is 0. The first-order valence-electron chi connectivity index (χ1n) is 29.2. The van der Waals surface area contributed by atoms with E-state index in [2.05, 4.69) is 0 Å². The van der Waals surface area contributed by atoms with Gasteiger partial charge in [0.2, 0.25) is 0 Å². The van der Waals surface area contributed by atoms with E-state index in [0.717, 1.165) is 0 Å². The number of hydrogen-bond donors (Lipinski definition) is 0. The van der Waals surface area contributed by atoms with E-state index in [1.165, 1.54) is 0 Å². The topological polar surface area (TPSA) is 21.3 Å². The van der Waals surface area contributed by atoms with E-state index in [1.54, 1.807) is 0 Å². The zero-order valence-corrected chi connectivity index (χ0v) is 24.3. The highest BCUT2D eigenvalue weighted by molar-refractivity contribution is 6.15. The van der Waals surface area contributed by atoms with Crippen LogP contribution in [0, 0.1) is 0 Å². The van der Waals surface area contributed by atoms with Crippen molar-refractivity contribution in [1.29, 1.82) is 0 Å². The Balaban J connectivity index is 1.41. The largest absolute Gasteiger partial charge is 0.455 e. The molecule has 0 spiro atoms. The molecule has 0 radical (unpaired) electrons. The van der Waals surface area contributed by atoms with E-state index >= 15 is 0 Å². The summed E-state index contributed by atoms with van der Waals surface area (Å²) in [6, 6.07) is -29.7. The minimum Gasteiger partial charge on any atom is -0.455 e. The molecule has 0 bridgehead atoms. The Morgan fingerprint density at radius 1 is 0.429 bits per heavy atom. The van der Waals surface area contributed by atoms with E-state index in [0.29, 0.717) is 9.47 Å². The highest BCUT2D eigenvalue weighted by atomic mass is 16.3. The number of fused-ring (bicyclic) bond motifs is 8. The maximum absolute atomic E-state index is 9.79. The third kappa shape index (κ3) is 4.44. The van der Waals surface area contributed by atoms with Gasteiger partial charge >= 0.3 is 0 Å². The monoisotopic (exact) mass is 656 g/mol. The Kier molecular flexibility index (Phi) is 2.47. The minimum atomic E-state index is -1.28. The number of furan rings is 1. The maximum Gasteiger partial charge on any atom is 0.143 e. The normalized spacial score (nSPS) is 20.2. The van der Waals surface area contributed by atoms with Crippen molar-refractivity contribution >= 4 is 71.6 Å². The molecule has 0 fully saturated rings. The minimum absolute atomic E-state index is 0.345. The van der Waals surface area contributed by atoms with Crippen LogP contribution in [-0.4, -0.2) is 4.57 Å². The van der Waals surface area contributed by atoms with Crippen molar-refractivity contribution < 1.29 is 45.5 Å². The Bertz CT molecular complexity index is 4400. The van der Waals surface area contributed by atoms with Gasteiger partial charge in [0.25, 0.3) is 0 Å². The molecule has 0 atom stereocenters. The third-order valence-corrected chi connectivity index (χ3v) is 7.56. The van der Waals surface area contributed by atoms with Gasteiger partial charge in [-0.15, -0.1) is 0 Å². The van der Waals surface area contributed by atoms with Crippen LogP contribution in [0.2, 0.25) is 0 Å². The fourth-order valence-corrected chi connectivity index (χ4v) is 5.43. The fraction of sp³-hybridized carbons (Fsp3) is 0. The molecule has 0 amide bonds. The SMILES string of the molecule is [2H]c1c([2H])c([2H])c(-c2c([2H])c([2H])c(N(c3c([2H])c([2H])c(-n4c5c([2H])c([2H])c([2H])c([2H])c5c5c([2H])c([2H])c([2H])c([2H])c54)c([2H])c3[2H])c3c([2H])c([2H])c4c(c3[2H])c([2H])c([2H])c3c4oc4c([2H])c([2H])c([2H])c([2H])c43)c([2H])c2[2H])c([2H])c1[2H]. The van der Waals surface area contributed by atoms with E-state index in [9.17, 15) is 16.4 Å². The Hall–Kier alpha value is -6.58. The average molecular weight is 657 g/mol. The molecule has 0 saturated carbocycles. The van der Waals surface area contributed by atoms with Crippen LogP contribution < -0.4 is 4.90 Å². The lowest BCUT2D eigenvalue weighted by atomic mass is 10.0. The van der Waals surface area contributed by atoms with Gasteiger partial charge in [0.1, 0.15) is 11.2 Å². The number of para-hydroxylation sites is 3. The molecule has 10 rings (SSSR count). The average Bonchev–Trinajstić information content (AvgIpc) is 4.24. The zero-order chi connectivity index (χ0) is 58.4. The summed E-state index contributed by atoms with van der Waals surface area (Å²) < 4.78 is 275. The van der Waals surface area contributed by atoms with Crippen LogP contribution >= 0.6 is 0 Å². The summed E-state index contributed by atoms with van der Waals surface area (Å²) in [4.78, 5) is 0.345. The van der Waals surface area contributed by atoms with Crippen molar-refractivity contribution in [2.45, 2.75) is 0 Å². The molecule has 0 N–H and O–H groups in total. The summed E-state index contributed by atoms with van der Waals surface area (Å²) in [6.45, 7) is 0. The molecule has 0 saturated heterocycles. The summed E-state index contributed by atoms with van der Waals surface area (Å²) in [5.41, 5.74) is -8.46. The number of benzene rings is 8. The van der Waals surface area contributed by atoms with Gasteiger partial charge in [-0.2, -0.15) is 0 Å². The van der Waals surface area contributed by atoms with E-state index in [4.69, 9.17) is 29.1 Å². The third-order valence-electron chi connectivity index (χ3n) is 7.56. The maximum atomic E-state index is 9.79. The number of aromatic nitrogens is 1. The predicted octanol–water partition coefficient (Wildman–Crippen LogP) is 13.0. The second-order valence-corrected chi connectivity index (χ2v) is 10.3. The van der Waals surface area contributed by atoms with Crippen LogP contribution in [0.1, 0.15) is 41.1 Å². The van der Waals surface area contributed by atoms with Gasteiger partial charge in [-0.1, -0.05) is 103 Å². The molecule has 0 unspecified atom stereocenters. The van der Waals surface area contributed by atoms with Crippen LogP contribution in [-0.2, 0) is 0 Å². The second-order valence-electron chi connectivity index (χ2n) is 10.3. The van der Waals surface area contributed by atoms with Gasteiger partial charge in [-0.25, -0.2) is 0 Å². The molecule has 230 valence electrons. The van der Waals surface area contributed by atoms with Gasteiger partial charge < -0.3 is 13.9 Å². The first kappa shape index (κ1) is 11.0. The molecule has 2 aromatic heterocycles. The molecule has 8 aromatic carbocycles. The lowest BCUT2D eigenvalue weighted by Crippen LogP contribution is -2.10. The molecular weight excluding hydrogens is 597 g/mol. The van der Waals surface area contributed by atoms with Gasteiger partial charge in [-0.3, -0.25) is 0 Å². The molecule has 2 heterocycles. The van der Waals surface area contributed by atoms with Crippen molar-refractivity contribution in [2.75, 3.05) is 4.90 Å². The molecule has 3 heteroatoms. The van der Waals surface area contributed by atoms with Crippen molar-refractivity contribution in [1.82, 2.24) is 4.57 Å². The number of nitrogens with zero attached hydrogens (tertiary/aromatic N) is 2. The Morgan fingerprint density at radius 2 is 0.980 bits per heavy atom. The number of rotatable bonds is 5. The van der Waals surface area contributed by atoms with E-state index in [-0.39, 0.29) is 0 Å². The fourth-order valence-electron chi connectivity index (χ4n) is 5.43. The first-order chi connectivity index (χ1) is 36.8. The lowest BCUT2D eigenvalue weighted by molar-refractivity contribution is 0.672. The zero-order valence-electron chi connectivity index (χ0n) is 54.3. The Morgan fingerprint density at radius 3 is 1.69 bits per heavy atom. The van der Waals surface area contributed by atoms with Gasteiger partial charge in [0.05, 0.1) is 52.2 Å². The van der Waals surface area contributed by atoms with Crippen molar-refractivity contribution in [3.05, 3.63) is 181 Å². The Labute approximate surface area is 325 Å². The summed E-state index contributed by atoms with van der Waals surface area (Å²) in [6.07, 6.45) is 0. The number of hydrogen-bond acceptors (Lipinski definition) is 2. The second kappa shape index (κ2) is 11.0. The van der Waals surface area contributed by atoms with Crippen molar-refractivity contribution in [3.63, 3.8) is 0 Å². The van der Waals surface area contributed by atoms with Crippen LogP contribution in [0.4, 0.5) is 17.1 Å². The predicted molar refractivity (Wildman–Crippen MR) is 206 cm³/mol. The quantitative estimate of drug-likeness (QED) is 0.184. The van der Waals surface area contributed by atoms with Crippen LogP contribution in [0.15, 0.2) is 186 Å². The summed E-state index contributed by atoms with van der Waals surface area (Å²) in [5, 5.41) is -3.26. The molecule has 0 aliphatic heterocycles.